The fourth-order valence-corrected chi connectivity index (χ4v) is 3.61. The van der Waals surface area contributed by atoms with E-state index in [4.69, 9.17) is 11.1 Å². The number of nitrogens with two attached hydrogens (primary N) is 1. The lowest BCUT2D eigenvalue weighted by molar-refractivity contribution is 0.481. The van der Waals surface area contributed by atoms with Crippen LogP contribution < -0.4 is 11.1 Å². The first-order chi connectivity index (χ1) is 14.5. The van der Waals surface area contributed by atoms with E-state index in [1.807, 2.05) is 6.92 Å². The number of nitrogen functional groups attached to an aromatic ring is 1. The number of aryl methyl sites for hydroxylation is 1. The Bertz CT molecular complexity index is 1070. The first-order valence-corrected chi connectivity index (χ1v) is 10.2. The van der Waals surface area contributed by atoms with Crippen LogP contribution in [0.15, 0.2) is 36.8 Å². The Balaban J connectivity index is 1.94. The van der Waals surface area contributed by atoms with E-state index in [-0.39, 0.29) is 11.5 Å². The van der Waals surface area contributed by atoms with Gasteiger partial charge in [-0.1, -0.05) is 44.5 Å². The highest BCUT2D eigenvalue weighted by Gasteiger charge is 2.23. The summed E-state index contributed by atoms with van der Waals surface area (Å²) in [4.78, 5) is 10.6. The minimum Gasteiger partial charge on any atom is -0.383 e. The largest absolute Gasteiger partial charge is 0.383 e. The molecule has 30 heavy (non-hydrogen) atoms. The van der Waals surface area contributed by atoms with Crippen molar-refractivity contribution in [1.29, 1.82) is 5.41 Å². The summed E-state index contributed by atoms with van der Waals surface area (Å²) in [6.45, 7) is 12.0. The van der Waals surface area contributed by atoms with Crippen molar-refractivity contribution >= 4 is 29.1 Å². The van der Waals surface area contributed by atoms with Crippen molar-refractivity contribution in [1.82, 2.24) is 14.9 Å². The second-order valence-corrected chi connectivity index (χ2v) is 7.14. The number of anilines is 2. The minimum atomic E-state index is 0.117. The van der Waals surface area contributed by atoms with Crippen molar-refractivity contribution < 1.29 is 0 Å². The Hall–Kier alpha value is -3.59. The average molecular weight is 401 g/mol. The van der Waals surface area contributed by atoms with Crippen molar-refractivity contribution in [3.63, 3.8) is 0 Å². The molecule has 2 aromatic rings. The number of benzene rings is 1. The van der Waals surface area contributed by atoms with Crippen molar-refractivity contribution in [2.75, 3.05) is 24.1 Å². The normalized spacial score (nSPS) is 12.6. The van der Waals surface area contributed by atoms with Crippen molar-refractivity contribution in [3.05, 3.63) is 59.1 Å². The van der Waals surface area contributed by atoms with Gasteiger partial charge in [0, 0.05) is 29.9 Å². The van der Waals surface area contributed by atoms with E-state index in [1.54, 1.807) is 0 Å². The van der Waals surface area contributed by atoms with Gasteiger partial charge in [-0.05, 0) is 36.5 Å². The topological polar surface area (TPSA) is 90.9 Å². The van der Waals surface area contributed by atoms with Gasteiger partial charge in [-0.15, -0.1) is 0 Å². The van der Waals surface area contributed by atoms with Crippen LogP contribution in [-0.4, -0.2) is 33.7 Å². The van der Waals surface area contributed by atoms with E-state index in [9.17, 15) is 0 Å². The lowest BCUT2D eigenvalue weighted by Gasteiger charge is -2.34. The Morgan fingerprint density at radius 1 is 1.30 bits per heavy atom. The van der Waals surface area contributed by atoms with Gasteiger partial charge in [0.2, 0.25) is 0 Å². The fourth-order valence-electron chi connectivity index (χ4n) is 3.61. The predicted octanol–water partition coefficient (Wildman–Crippen LogP) is 4.30. The number of aromatic nitrogens is 2. The molecule has 3 rings (SSSR count). The highest BCUT2D eigenvalue weighted by Crippen LogP contribution is 2.34. The standard InChI is InChI=1S/C24H28N6/c1-5-7-11-20(25)22-23(26)28-15-29-24(22)27-14-19-13-18-10-8-9-16(3)21(18)17(4)30(19)12-6-2/h8-10,13,15,25H,4-6,12,14H2,1-3H3,(H3,26,27,28,29). The Morgan fingerprint density at radius 3 is 2.83 bits per heavy atom. The van der Waals surface area contributed by atoms with Gasteiger partial charge < -0.3 is 16.0 Å². The maximum Gasteiger partial charge on any atom is 0.142 e. The van der Waals surface area contributed by atoms with Gasteiger partial charge in [0.05, 0.1) is 12.1 Å². The maximum absolute atomic E-state index is 8.28. The van der Waals surface area contributed by atoms with E-state index in [1.165, 1.54) is 17.5 Å². The molecule has 0 amide bonds. The molecule has 1 aliphatic heterocycles. The molecule has 0 atom stereocenters. The molecule has 0 fully saturated rings. The summed E-state index contributed by atoms with van der Waals surface area (Å²) in [7, 11) is 0. The van der Waals surface area contributed by atoms with Crippen LogP contribution in [0, 0.1) is 24.2 Å². The van der Waals surface area contributed by atoms with Gasteiger partial charge >= 0.3 is 0 Å². The molecular weight excluding hydrogens is 372 g/mol. The van der Waals surface area contributed by atoms with Crippen molar-refractivity contribution in [3.8, 4) is 11.8 Å². The van der Waals surface area contributed by atoms with Gasteiger partial charge in [-0.3, -0.25) is 5.41 Å². The Kier molecular flexibility index (Phi) is 6.53. The monoisotopic (exact) mass is 400 g/mol. The van der Waals surface area contributed by atoms with Gasteiger partial charge in [0.1, 0.15) is 23.7 Å². The van der Waals surface area contributed by atoms with Gasteiger partial charge in [0.15, 0.2) is 0 Å². The fraction of sp³-hybridized carbons (Fsp3) is 0.292. The molecule has 0 saturated heterocycles. The molecule has 6 heteroatoms. The predicted molar refractivity (Wildman–Crippen MR) is 125 cm³/mol. The summed E-state index contributed by atoms with van der Waals surface area (Å²) in [5.41, 5.74) is 12.3. The molecule has 4 N–H and O–H groups in total. The van der Waals surface area contributed by atoms with Gasteiger partial charge in [-0.2, -0.15) is 0 Å². The van der Waals surface area contributed by atoms with Crippen LogP contribution in [-0.2, 0) is 0 Å². The zero-order valence-corrected chi connectivity index (χ0v) is 17.8. The maximum atomic E-state index is 8.28. The summed E-state index contributed by atoms with van der Waals surface area (Å²) >= 11 is 0. The summed E-state index contributed by atoms with van der Waals surface area (Å²) in [5, 5.41) is 11.6. The van der Waals surface area contributed by atoms with E-state index < -0.39 is 0 Å². The highest BCUT2D eigenvalue weighted by molar-refractivity contribution is 6.16. The molecule has 1 aromatic heterocycles. The molecular formula is C24H28N6. The molecule has 0 unspecified atom stereocenters. The highest BCUT2D eigenvalue weighted by atomic mass is 15.2. The third-order valence-electron chi connectivity index (χ3n) is 4.99. The van der Waals surface area contributed by atoms with E-state index in [0.717, 1.165) is 29.9 Å². The van der Waals surface area contributed by atoms with Crippen LogP contribution in [0.4, 0.5) is 11.6 Å². The second kappa shape index (κ2) is 9.27. The third-order valence-corrected chi connectivity index (χ3v) is 4.99. The zero-order chi connectivity index (χ0) is 21.7. The van der Waals surface area contributed by atoms with Crippen molar-refractivity contribution in [2.45, 2.75) is 33.6 Å². The second-order valence-electron chi connectivity index (χ2n) is 7.14. The number of nitrogens with zero attached hydrogens (tertiary/aromatic N) is 3. The van der Waals surface area contributed by atoms with E-state index >= 15 is 0 Å². The number of nitrogens with one attached hydrogen (secondary N) is 2. The summed E-state index contributed by atoms with van der Waals surface area (Å²) in [6, 6.07) is 6.29. The van der Waals surface area contributed by atoms with Crippen LogP contribution in [0.3, 0.4) is 0 Å². The number of fused-ring (bicyclic) bond motifs is 1. The van der Waals surface area contributed by atoms with Crippen LogP contribution >= 0.6 is 0 Å². The van der Waals surface area contributed by atoms with Gasteiger partial charge in [0.25, 0.3) is 0 Å². The number of rotatable bonds is 6. The molecule has 1 aliphatic rings. The van der Waals surface area contributed by atoms with Crippen LogP contribution in [0.5, 0.6) is 0 Å². The smallest absolute Gasteiger partial charge is 0.142 e. The van der Waals surface area contributed by atoms with E-state index in [2.05, 4.69) is 76.7 Å². The van der Waals surface area contributed by atoms with Crippen LogP contribution in [0.1, 0.15) is 48.9 Å². The van der Waals surface area contributed by atoms with Crippen LogP contribution in [0.25, 0.3) is 11.8 Å². The average Bonchev–Trinajstić information content (AvgIpc) is 2.72. The molecule has 0 radical (unpaired) electrons. The van der Waals surface area contributed by atoms with Crippen LogP contribution in [0.2, 0.25) is 0 Å². The molecule has 154 valence electrons. The third kappa shape index (κ3) is 4.20. The molecule has 0 bridgehead atoms. The Morgan fingerprint density at radius 2 is 2.10 bits per heavy atom. The van der Waals surface area contributed by atoms with E-state index in [0.29, 0.717) is 24.3 Å². The quantitative estimate of drug-likeness (QED) is 0.497. The summed E-state index contributed by atoms with van der Waals surface area (Å²) in [6.07, 6.45) is 5.25. The molecule has 1 aromatic carbocycles. The number of hydrogen-bond acceptors (Lipinski definition) is 6. The molecule has 0 spiro atoms. The molecule has 0 aliphatic carbocycles. The number of hydrogen-bond donors (Lipinski definition) is 3. The van der Waals surface area contributed by atoms with Crippen molar-refractivity contribution in [2.24, 2.45) is 0 Å². The lowest BCUT2D eigenvalue weighted by atomic mass is 9.94. The summed E-state index contributed by atoms with van der Waals surface area (Å²) in [5.74, 6) is 6.48. The lowest BCUT2D eigenvalue weighted by Crippen LogP contribution is -2.29. The first kappa shape index (κ1) is 21.1. The SMILES string of the molecule is C=C1c2c(C)cccc2C=C(CNc2ncnc(N)c2C(=N)C#CCC)N1CCC. The summed E-state index contributed by atoms with van der Waals surface area (Å²) < 4.78 is 0. The first-order valence-electron chi connectivity index (χ1n) is 10.2. The van der Waals surface area contributed by atoms with Gasteiger partial charge in [-0.25, -0.2) is 9.97 Å². The zero-order valence-electron chi connectivity index (χ0n) is 17.8. The molecule has 0 saturated carbocycles. The minimum absolute atomic E-state index is 0.117. The molecule has 6 nitrogen and oxygen atoms in total. The molecule has 2 heterocycles. The Labute approximate surface area is 178 Å².